The Balaban J connectivity index is 3.29. The van der Waals surface area contributed by atoms with Gasteiger partial charge in [0.15, 0.2) is 0 Å². The fourth-order valence-corrected chi connectivity index (χ4v) is 0.999. The standard InChI is InChI=1S/C12H24F2O5/c1-11(15,7-13)9-18-5-3-17-4-6-19-10-12(2,16)8-14/h15-16H,3-10H2,1-2H3. The molecular formula is C12H24F2O5. The van der Waals surface area contributed by atoms with Gasteiger partial charge in [-0.05, 0) is 13.8 Å². The van der Waals surface area contributed by atoms with Crippen LogP contribution in [0.5, 0.6) is 0 Å². The summed E-state index contributed by atoms with van der Waals surface area (Å²) in [5, 5.41) is 18.6. The first kappa shape index (κ1) is 18.7. The van der Waals surface area contributed by atoms with E-state index in [1.165, 1.54) is 13.8 Å². The first-order chi connectivity index (χ1) is 8.83. The van der Waals surface area contributed by atoms with E-state index in [0.29, 0.717) is 0 Å². The van der Waals surface area contributed by atoms with Gasteiger partial charge in [-0.2, -0.15) is 0 Å². The quantitative estimate of drug-likeness (QED) is 0.511. The highest BCUT2D eigenvalue weighted by Crippen LogP contribution is 2.04. The molecule has 5 nitrogen and oxygen atoms in total. The third kappa shape index (κ3) is 11.2. The zero-order chi connectivity index (χ0) is 14.8. The van der Waals surface area contributed by atoms with Gasteiger partial charge in [0.1, 0.15) is 24.6 Å². The molecule has 0 heterocycles. The second kappa shape index (κ2) is 9.55. The van der Waals surface area contributed by atoms with Crippen LogP contribution in [-0.4, -0.2) is 74.4 Å². The Bertz CT molecular complexity index is 202. The highest BCUT2D eigenvalue weighted by Gasteiger charge is 2.20. The fourth-order valence-electron chi connectivity index (χ4n) is 0.999. The second-order valence-corrected chi connectivity index (χ2v) is 4.98. The van der Waals surface area contributed by atoms with Crippen molar-refractivity contribution in [2.75, 3.05) is 53.0 Å². The molecule has 0 rings (SSSR count). The lowest BCUT2D eigenvalue weighted by Gasteiger charge is -2.19. The molecule has 2 atom stereocenters. The zero-order valence-electron chi connectivity index (χ0n) is 11.5. The molecule has 0 fully saturated rings. The maximum atomic E-state index is 12.2. The predicted molar refractivity (Wildman–Crippen MR) is 65.7 cm³/mol. The van der Waals surface area contributed by atoms with Gasteiger partial charge in [0.25, 0.3) is 0 Å². The van der Waals surface area contributed by atoms with Gasteiger partial charge in [-0.3, -0.25) is 0 Å². The van der Waals surface area contributed by atoms with E-state index in [1.54, 1.807) is 0 Å². The van der Waals surface area contributed by atoms with Crippen molar-refractivity contribution >= 4 is 0 Å². The minimum Gasteiger partial charge on any atom is -0.385 e. The maximum absolute atomic E-state index is 12.2. The molecular weight excluding hydrogens is 262 g/mol. The normalized spacial score (nSPS) is 18.0. The topological polar surface area (TPSA) is 68.2 Å². The van der Waals surface area contributed by atoms with Crippen LogP contribution in [0, 0.1) is 0 Å². The Morgan fingerprint density at radius 1 is 0.737 bits per heavy atom. The Morgan fingerprint density at radius 2 is 1.05 bits per heavy atom. The molecule has 0 aliphatic carbocycles. The summed E-state index contributed by atoms with van der Waals surface area (Å²) in [5.41, 5.74) is -2.91. The van der Waals surface area contributed by atoms with Crippen LogP contribution in [0.4, 0.5) is 8.78 Å². The summed E-state index contributed by atoms with van der Waals surface area (Å²) in [6.45, 7) is 1.81. The lowest BCUT2D eigenvalue weighted by Crippen LogP contribution is -2.34. The van der Waals surface area contributed by atoms with Gasteiger partial charge in [0, 0.05) is 0 Å². The number of alkyl halides is 2. The van der Waals surface area contributed by atoms with Crippen molar-refractivity contribution in [3.8, 4) is 0 Å². The Kier molecular flexibility index (Phi) is 9.38. The maximum Gasteiger partial charge on any atom is 0.120 e. The number of hydrogen-bond acceptors (Lipinski definition) is 5. The zero-order valence-corrected chi connectivity index (χ0v) is 11.5. The average Bonchev–Trinajstić information content (AvgIpc) is 2.36. The van der Waals surface area contributed by atoms with Crippen LogP contribution in [0.2, 0.25) is 0 Å². The van der Waals surface area contributed by atoms with Crippen LogP contribution in [0.3, 0.4) is 0 Å². The average molecular weight is 286 g/mol. The van der Waals surface area contributed by atoms with Crippen molar-refractivity contribution in [2.45, 2.75) is 25.0 Å². The molecule has 0 aromatic rings. The van der Waals surface area contributed by atoms with Crippen molar-refractivity contribution < 1.29 is 33.2 Å². The van der Waals surface area contributed by atoms with Crippen molar-refractivity contribution in [3.63, 3.8) is 0 Å². The molecule has 0 radical (unpaired) electrons. The van der Waals surface area contributed by atoms with E-state index < -0.39 is 24.6 Å². The van der Waals surface area contributed by atoms with E-state index in [-0.39, 0.29) is 39.6 Å². The molecule has 0 saturated heterocycles. The lowest BCUT2D eigenvalue weighted by molar-refractivity contribution is -0.0723. The van der Waals surface area contributed by atoms with Crippen LogP contribution in [0.15, 0.2) is 0 Å². The Morgan fingerprint density at radius 3 is 1.37 bits per heavy atom. The van der Waals surface area contributed by atoms with E-state index >= 15 is 0 Å². The predicted octanol–water partition coefficient (Wildman–Crippen LogP) is 0.477. The largest absolute Gasteiger partial charge is 0.385 e. The highest BCUT2D eigenvalue weighted by atomic mass is 19.1. The summed E-state index contributed by atoms with van der Waals surface area (Å²) in [5.74, 6) is 0. The van der Waals surface area contributed by atoms with Gasteiger partial charge in [-0.15, -0.1) is 0 Å². The number of hydrogen-bond donors (Lipinski definition) is 2. The second-order valence-electron chi connectivity index (χ2n) is 4.98. The minimum absolute atomic E-state index is 0.0945. The molecule has 0 bridgehead atoms. The Hall–Kier alpha value is -0.340. The molecule has 0 aromatic heterocycles. The van der Waals surface area contributed by atoms with Crippen LogP contribution in [0.25, 0.3) is 0 Å². The summed E-state index contributed by atoms with van der Waals surface area (Å²) < 4.78 is 39.5. The summed E-state index contributed by atoms with van der Waals surface area (Å²) in [6, 6.07) is 0. The smallest absolute Gasteiger partial charge is 0.120 e. The molecule has 0 aromatic carbocycles. The van der Waals surface area contributed by atoms with Gasteiger partial charge in [-0.25, -0.2) is 8.78 Å². The molecule has 0 amide bonds. The van der Waals surface area contributed by atoms with Crippen molar-refractivity contribution in [2.24, 2.45) is 0 Å². The summed E-state index contributed by atoms with van der Waals surface area (Å²) >= 11 is 0. The first-order valence-corrected chi connectivity index (χ1v) is 6.13. The van der Waals surface area contributed by atoms with Gasteiger partial charge in [0.2, 0.25) is 0 Å². The molecule has 19 heavy (non-hydrogen) atoms. The third-order valence-corrected chi connectivity index (χ3v) is 2.15. The monoisotopic (exact) mass is 286 g/mol. The summed E-state index contributed by atoms with van der Waals surface area (Å²) in [7, 11) is 0. The summed E-state index contributed by atoms with van der Waals surface area (Å²) in [4.78, 5) is 0. The highest BCUT2D eigenvalue weighted by molar-refractivity contribution is 4.70. The van der Waals surface area contributed by atoms with Gasteiger partial charge in [-0.1, -0.05) is 0 Å². The molecule has 0 spiro atoms. The van der Waals surface area contributed by atoms with E-state index in [9.17, 15) is 19.0 Å². The molecule has 2 N–H and O–H groups in total. The Labute approximate surface area is 112 Å². The van der Waals surface area contributed by atoms with Crippen molar-refractivity contribution in [1.82, 2.24) is 0 Å². The number of rotatable bonds is 12. The number of halogens is 2. The van der Waals surface area contributed by atoms with Gasteiger partial charge in [0.05, 0.1) is 39.6 Å². The number of ether oxygens (including phenoxy) is 3. The molecule has 7 heteroatoms. The van der Waals surface area contributed by atoms with E-state index in [0.717, 1.165) is 0 Å². The van der Waals surface area contributed by atoms with Gasteiger partial charge >= 0.3 is 0 Å². The van der Waals surface area contributed by atoms with Crippen LogP contribution in [0.1, 0.15) is 13.8 Å². The first-order valence-electron chi connectivity index (χ1n) is 6.13. The molecule has 116 valence electrons. The SMILES string of the molecule is CC(O)(CF)COCCOCCOCC(C)(O)CF. The fraction of sp³-hybridized carbons (Fsp3) is 1.00. The lowest BCUT2D eigenvalue weighted by atomic mass is 10.1. The third-order valence-electron chi connectivity index (χ3n) is 2.15. The number of aliphatic hydroxyl groups is 2. The molecule has 0 saturated carbocycles. The van der Waals surface area contributed by atoms with E-state index in [4.69, 9.17) is 14.2 Å². The minimum atomic E-state index is -1.46. The van der Waals surface area contributed by atoms with Gasteiger partial charge < -0.3 is 24.4 Å². The van der Waals surface area contributed by atoms with Crippen molar-refractivity contribution in [3.05, 3.63) is 0 Å². The van der Waals surface area contributed by atoms with Crippen LogP contribution < -0.4 is 0 Å². The van der Waals surface area contributed by atoms with Crippen molar-refractivity contribution in [1.29, 1.82) is 0 Å². The molecule has 0 aliphatic rings. The molecule has 2 unspecified atom stereocenters. The molecule has 0 aliphatic heterocycles. The summed E-state index contributed by atoms with van der Waals surface area (Å²) in [6.07, 6.45) is 0. The van der Waals surface area contributed by atoms with E-state index in [1.807, 2.05) is 0 Å². The van der Waals surface area contributed by atoms with E-state index in [2.05, 4.69) is 0 Å². The van der Waals surface area contributed by atoms with Crippen LogP contribution >= 0.6 is 0 Å². The van der Waals surface area contributed by atoms with Crippen LogP contribution in [-0.2, 0) is 14.2 Å².